The van der Waals surface area contributed by atoms with Gasteiger partial charge in [-0.05, 0) is 13.0 Å². The number of H-pyrrole nitrogens is 1. The number of rotatable bonds is 1. The number of aromatic nitrogens is 1. The van der Waals surface area contributed by atoms with Crippen molar-refractivity contribution in [2.45, 2.75) is 6.92 Å². The SMILES string of the molecule is CC(=C1C=Nc2ccccc21)c1oc(=O)[nH]c1O. The molecule has 1 aromatic heterocycles. The predicted molar refractivity (Wildman–Crippen MR) is 68.1 cm³/mol. The third-order valence-electron chi connectivity index (χ3n) is 2.90. The Bertz CT molecular complexity index is 735. The number of hydrogen-bond acceptors (Lipinski definition) is 4. The molecule has 90 valence electrons. The fraction of sp³-hybridized carbons (Fsp3) is 0.0769. The van der Waals surface area contributed by atoms with Crippen molar-refractivity contribution in [1.82, 2.24) is 4.98 Å². The molecule has 18 heavy (non-hydrogen) atoms. The summed E-state index contributed by atoms with van der Waals surface area (Å²) in [4.78, 5) is 17.5. The van der Waals surface area contributed by atoms with Gasteiger partial charge in [0.1, 0.15) is 0 Å². The van der Waals surface area contributed by atoms with Gasteiger partial charge in [0, 0.05) is 22.9 Å². The Kier molecular flexibility index (Phi) is 2.19. The fourth-order valence-electron chi connectivity index (χ4n) is 2.01. The molecular weight excluding hydrogens is 232 g/mol. The highest BCUT2D eigenvalue weighted by Crippen LogP contribution is 2.36. The van der Waals surface area contributed by atoms with E-state index in [0.29, 0.717) is 5.57 Å². The van der Waals surface area contributed by atoms with E-state index in [1.165, 1.54) is 0 Å². The number of allylic oxidation sites excluding steroid dienone is 2. The minimum Gasteiger partial charge on any atom is -0.492 e. The third-order valence-corrected chi connectivity index (χ3v) is 2.90. The Labute approximate surface area is 102 Å². The maximum absolute atomic E-state index is 11.0. The molecule has 0 atom stereocenters. The number of benzene rings is 1. The van der Waals surface area contributed by atoms with E-state index in [1.807, 2.05) is 24.3 Å². The first-order valence-electron chi connectivity index (χ1n) is 5.43. The second-order valence-electron chi connectivity index (χ2n) is 4.01. The molecule has 0 saturated heterocycles. The van der Waals surface area contributed by atoms with Gasteiger partial charge >= 0.3 is 5.76 Å². The molecule has 1 aliphatic heterocycles. The topological polar surface area (TPSA) is 78.6 Å². The summed E-state index contributed by atoms with van der Waals surface area (Å²) in [7, 11) is 0. The molecule has 0 fully saturated rings. The van der Waals surface area contributed by atoms with Gasteiger partial charge in [-0.25, -0.2) is 4.79 Å². The van der Waals surface area contributed by atoms with E-state index in [0.717, 1.165) is 16.8 Å². The van der Waals surface area contributed by atoms with Crippen LogP contribution in [0.15, 0.2) is 38.5 Å². The molecule has 1 aliphatic rings. The number of nitrogens with zero attached hydrogens (tertiary/aromatic N) is 1. The maximum atomic E-state index is 11.0. The predicted octanol–water partition coefficient (Wildman–Crippen LogP) is 2.32. The van der Waals surface area contributed by atoms with Crippen molar-refractivity contribution in [1.29, 1.82) is 0 Å². The monoisotopic (exact) mass is 242 g/mol. The molecule has 0 spiro atoms. The fourth-order valence-corrected chi connectivity index (χ4v) is 2.01. The summed E-state index contributed by atoms with van der Waals surface area (Å²) in [5, 5.41) is 9.58. The van der Waals surface area contributed by atoms with Crippen molar-refractivity contribution in [2.75, 3.05) is 0 Å². The van der Waals surface area contributed by atoms with Crippen molar-refractivity contribution in [2.24, 2.45) is 4.99 Å². The number of para-hydroxylation sites is 1. The molecule has 0 bridgehead atoms. The lowest BCUT2D eigenvalue weighted by atomic mass is 10.0. The lowest BCUT2D eigenvalue weighted by Gasteiger charge is -2.03. The van der Waals surface area contributed by atoms with Crippen LogP contribution in [-0.2, 0) is 0 Å². The molecule has 5 nitrogen and oxygen atoms in total. The lowest BCUT2D eigenvalue weighted by molar-refractivity contribution is 0.441. The summed E-state index contributed by atoms with van der Waals surface area (Å²) >= 11 is 0. The zero-order valence-corrected chi connectivity index (χ0v) is 9.60. The number of nitrogens with one attached hydrogen (secondary N) is 1. The normalized spacial score (nSPS) is 15.8. The van der Waals surface area contributed by atoms with Crippen molar-refractivity contribution < 1.29 is 9.52 Å². The third kappa shape index (κ3) is 1.48. The molecule has 0 radical (unpaired) electrons. The van der Waals surface area contributed by atoms with Crippen molar-refractivity contribution >= 4 is 23.0 Å². The number of aromatic hydroxyl groups is 1. The van der Waals surface area contributed by atoms with E-state index in [9.17, 15) is 9.90 Å². The molecule has 0 amide bonds. The van der Waals surface area contributed by atoms with Crippen molar-refractivity contribution in [3.63, 3.8) is 0 Å². The van der Waals surface area contributed by atoms with E-state index >= 15 is 0 Å². The van der Waals surface area contributed by atoms with Crippen LogP contribution in [0.2, 0.25) is 0 Å². The molecule has 2 heterocycles. The molecule has 3 rings (SSSR count). The van der Waals surface area contributed by atoms with Gasteiger partial charge in [0.2, 0.25) is 5.88 Å². The van der Waals surface area contributed by atoms with E-state index in [-0.39, 0.29) is 11.6 Å². The number of aliphatic imine (C=N–C) groups is 1. The Morgan fingerprint density at radius 2 is 2.17 bits per heavy atom. The first-order chi connectivity index (χ1) is 8.66. The average molecular weight is 242 g/mol. The summed E-state index contributed by atoms with van der Waals surface area (Å²) in [5.41, 5.74) is 3.32. The Morgan fingerprint density at radius 3 is 2.89 bits per heavy atom. The molecular formula is C13H10N2O3. The van der Waals surface area contributed by atoms with E-state index in [4.69, 9.17) is 4.42 Å². The lowest BCUT2D eigenvalue weighted by Crippen LogP contribution is -1.93. The standard InChI is InChI=1S/C13H10N2O3/c1-7(11-12(16)15-13(17)18-11)9-6-14-10-5-3-2-4-8(9)10/h2-6,16H,1H3,(H,15,17). The van der Waals surface area contributed by atoms with Crippen LogP contribution in [0.3, 0.4) is 0 Å². The van der Waals surface area contributed by atoms with Gasteiger partial charge < -0.3 is 9.52 Å². The molecule has 5 heteroatoms. The first kappa shape index (κ1) is 10.6. The van der Waals surface area contributed by atoms with Crippen LogP contribution in [0.5, 0.6) is 5.88 Å². The van der Waals surface area contributed by atoms with Crippen LogP contribution < -0.4 is 5.76 Å². The van der Waals surface area contributed by atoms with Gasteiger partial charge in [0.15, 0.2) is 5.76 Å². The quantitative estimate of drug-likeness (QED) is 0.805. The highest BCUT2D eigenvalue weighted by Gasteiger charge is 2.19. The van der Waals surface area contributed by atoms with E-state index in [2.05, 4.69) is 9.98 Å². The minimum absolute atomic E-state index is 0.151. The van der Waals surface area contributed by atoms with Crippen molar-refractivity contribution in [3.8, 4) is 5.88 Å². The van der Waals surface area contributed by atoms with Crippen LogP contribution in [0.25, 0.3) is 11.1 Å². The average Bonchev–Trinajstić information content (AvgIpc) is 2.92. The summed E-state index contributed by atoms with van der Waals surface area (Å²) in [6.07, 6.45) is 1.70. The highest BCUT2D eigenvalue weighted by atomic mass is 16.4. The van der Waals surface area contributed by atoms with Crippen LogP contribution in [0.1, 0.15) is 18.2 Å². The Balaban J connectivity index is 2.21. The number of hydrogen-bond donors (Lipinski definition) is 2. The Hall–Kier alpha value is -2.56. The molecule has 1 aromatic carbocycles. The van der Waals surface area contributed by atoms with Crippen LogP contribution in [-0.4, -0.2) is 16.3 Å². The largest absolute Gasteiger partial charge is 0.492 e. The zero-order valence-electron chi connectivity index (χ0n) is 9.60. The van der Waals surface area contributed by atoms with Gasteiger partial charge in [0.05, 0.1) is 5.69 Å². The smallest absolute Gasteiger partial charge is 0.419 e. The molecule has 0 unspecified atom stereocenters. The van der Waals surface area contributed by atoms with Crippen LogP contribution in [0, 0.1) is 0 Å². The second-order valence-corrected chi connectivity index (χ2v) is 4.01. The van der Waals surface area contributed by atoms with Gasteiger partial charge in [-0.15, -0.1) is 0 Å². The summed E-state index contributed by atoms with van der Waals surface area (Å²) in [5.74, 6) is -0.786. The number of aromatic amines is 1. The summed E-state index contributed by atoms with van der Waals surface area (Å²) in [6.45, 7) is 1.77. The van der Waals surface area contributed by atoms with Gasteiger partial charge in [-0.2, -0.15) is 0 Å². The van der Waals surface area contributed by atoms with E-state index < -0.39 is 5.76 Å². The molecule has 0 saturated carbocycles. The van der Waals surface area contributed by atoms with Crippen LogP contribution >= 0.6 is 0 Å². The van der Waals surface area contributed by atoms with Crippen molar-refractivity contribution in [3.05, 3.63) is 46.1 Å². The second kappa shape index (κ2) is 3.73. The molecule has 2 N–H and O–H groups in total. The zero-order chi connectivity index (χ0) is 12.7. The van der Waals surface area contributed by atoms with Gasteiger partial charge in [0.25, 0.3) is 0 Å². The van der Waals surface area contributed by atoms with Gasteiger partial charge in [-0.1, -0.05) is 18.2 Å². The molecule has 2 aromatic rings. The summed E-state index contributed by atoms with van der Waals surface area (Å²) < 4.78 is 4.92. The molecule has 0 aliphatic carbocycles. The maximum Gasteiger partial charge on any atom is 0.419 e. The summed E-state index contributed by atoms with van der Waals surface area (Å²) in [6, 6.07) is 7.65. The number of fused-ring (bicyclic) bond motifs is 1. The van der Waals surface area contributed by atoms with Gasteiger partial charge in [-0.3, -0.25) is 9.98 Å². The van der Waals surface area contributed by atoms with Crippen LogP contribution in [0.4, 0.5) is 5.69 Å². The Morgan fingerprint density at radius 1 is 1.39 bits per heavy atom. The number of oxazole rings is 1. The highest BCUT2D eigenvalue weighted by molar-refractivity contribution is 6.23. The van der Waals surface area contributed by atoms with E-state index in [1.54, 1.807) is 13.1 Å². The first-order valence-corrected chi connectivity index (χ1v) is 5.43. The minimum atomic E-state index is -0.675.